The Balaban J connectivity index is 1.89. The number of para-hydroxylation sites is 2. The fraction of sp³-hybridized carbons (Fsp3) is 0.467. The zero-order valence-corrected chi connectivity index (χ0v) is 12.5. The summed E-state index contributed by atoms with van der Waals surface area (Å²) in [7, 11) is 1.87. The summed E-state index contributed by atoms with van der Waals surface area (Å²) in [5.74, 6) is -0.218. The van der Waals surface area contributed by atoms with E-state index in [0.717, 1.165) is 24.0 Å². The second-order valence-electron chi connectivity index (χ2n) is 5.00. The molecule has 1 heterocycles. The average molecular weight is 291 g/mol. The molecule has 0 aliphatic heterocycles. The summed E-state index contributed by atoms with van der Waals surface area (Å²) in [5.41, 5.74) is 1.67. The Morgan fingerprint density at radius 1 is 1.38 bits per heavy atom. The molecule has 0 bridgehead atoms. The highest BCUT2D eigenvalue weighted by Gasteiger charge is 2.08. The number of carbonyl (C=O) groups excluding carboxylic acids is 1. The van der Waals surface area contributed by atoms with Gasteiger partial charge in [-0.25, -0.2) is 4.79 Å². The maximum Gasteiger partial charge on any atom is 0.326 e. The number of aromatic amines is 1. The van der Waals surface area contributed by atoms with Gasteiger partial charge in [0.2, 0.25) is 0 Å². The molecule has 2 rings (SSSR count). The van der Waals surface area contributed by atoms with E-state index in [1.165, 1.54) is 0 Å². The van der Waals surface area contributed by atoms with Gasteiger partial charge < -0.3 is 9.72 Å². The number of nitrogens with one attached hydrogen (secondary N) is 1. The number of esters is 1. The number of hydrogen-bond donors (Lipinski definition) is 1. The van der Waals surface area contributed by atoms with Crippen molar-refractivity contribution in [2.45, 2.75) is 19.9 Å². The number of aryl methyl sites for hydroxylation is 1. The molecule has 0 amide bonds. The van der Waals surface area contributed by atoms with E-state index in [1.807, 2.05) is 36.2 Å². The molecular weight excluding hydrogens is 270 g/mol. The molecule has 0 saturated carbocycles. The van der Waals surface area contributed by atoms with Gasteiger partial charge in [0.05, 0.1) is 24.2 Å². The van der Waals surface area contributed by atoms with E-state index in [0.29, 0.717) is 13.2 Å². The number of benzene rings is 1. The molecule has 0 atom stereocenters. The van der Waals surface area contributed by atoms with Crippen molar-refractivity contribution in [3.05, 3.63) is 34.7 Å². The SMILES string of the molecule is CCOC(=O)CN(C)CCCn1c(=O)[nH]c2ccccc21. The largest absolute Gasteiger partial charge is 0.465 e. The average Bonchev–Trinajstić information content (AvgIpc) is 2.75. The van der Waals surface area contributed by atoms with Gasteiger partial charge in [-0.3, -0.25) is 14.3 Å². The highest BCUT2D eigenvalue weighted by molar-refractivity contribution is 5.74. The maximum absolute atomic E-state index is 11.9. The van der Waals surface area contributed by atoms with E-state index < -0.39 is 0 Å². The quantitative estimate of drug-likeness (QED) is 0.779. The summed E-state index contributed by atoms with van der Waals surface area (Å²) in [5, 5.41) is 0. The van der Waals surface area contributed by atoms with Gasteiger partial charge in [0.25, 0.3) is 0 Å². The Morgan fingerprint density at radius 3 is 2.90 bits per heavy atom. The summed E-state index contributed by atoms with van der Waals surface area (Å²) < 4.78 is 6.63. The molecule has 21 heavy (non-hydrogen) atoms. The monoisotopic (exact) mass is 291 g/mol. The van der Waals surface area contributed by atoms with E-state index in [1.54, 1.807) is 11.5 Å². The second-order valence-corrected chi connectivity index (χ2v) is 5.00. The van der Waals surface area contributed by atoms with Crippen molar-refractivity contribution in [3.8, 4) is 0 Å². The maximum atomic E-state index is 11.9. The Labute approximate surface area is 123 Å². The Morgan fingerprint density at radius 2 is 2.14 bits per heavy atom. The van der Waals surface area contributed by atoms with Gasteiger partial charge in [-0.15, -0.1) is 0 Å². The fourth-order valence-corrected chi connectivity index (χ4v) is 2.33. The molecule has 0 spiro atoms. The van der Waals surface area contributed by atoms with Crippen LogP contribution in [0.1, 0.15) is 13.3 Å². The van der Waals surface area contributed by atoms with Crippen LogP contribution in [0.2, 0.25) is 0 Å². The van der Waals surface area contributed by atoms with Crippen LogP contribution < -0.4 is 5.69 Å². The minimum absolute atomic E-state index is 0.0933. The molecule has 0 fully saturated rings. The van der Waals surface area contributed by atoms with Gasteiger partial charge >= 0.3 is 11.7 Å². The molecule has 6 nitrogen and oxygen atoms in total. The molecule has 1 aromatic carbocycles. The lowest BCUT2D eigenvalue weighted by Gasteiger charge is -2.15. The van der Waals surface area contributed by atoms with E-state index >= 15 is 0 Å². The van der Waals surface area contributed by atoms with Crippen molar-refractivity contribution in [2.75, 3.05) is 26.7 Å². The number of imidazole rings is 1. The van der Waals surface area contributed by atoms with Crippen LogP contribution in [0.4, 0.5) is 0 Å². The smallest absolute Gasteiger partial charge is 0.326 e. The zero-order chi connectivity index (χ0) is 15.2. The van der Waals surface area contributed by atoms with Crippen molar-refractivity contribution in [1.29, 1.82) is 0 Å². The first-order chi connectivity index (χ1) is 10.1. The number of aromatic nitrogens is 2. The minimum atomic E-state index is -0.218. The van der Waals surface area contributed by atoms with Crippen LogP contribution >= 0.6 is 0 Å². The molecule has 0 aliphatic carbocycles. The number of ether oxygens (including phenoxy) is 1. The van der Waals surface area contributed by atoms with Crippen molar-refractivity contribution in [1.82, 2.24) is 14.5 Å². The molecule has 114 valence electrons. The number of nitrogens with zero attached hydrogens (tertiary/aromatic N) is 2. The van der Waals surface area contributed by atoms with Crippen LogP contribution in [-0.4, -0.2) is 47.2 Å². The van der Waals surface area contributed by atoms with Crippen molar-refractivity contribution < 1.29 is 9.53 Å². The normalized spacial score (nSPS) is 11.2. The second kappa shape index (κ2) is 7.08. The molecule has 6 heteroatoms. The van der Waals surface area contributed by atoms with Gasteiger partial charge in [0.1, 0.15) is 0 Å². The Bertz CT molecular complexity index is 659. The van der Waals surface area contributed by atoms with Crippen molar-refractivity contribution in [3.63, 3.8) is 0 Å². The zero-order valence-electron chi connectivity index (χ0n) is 12.5. The van der Waals surface area contributed by atoms with Crippen molar-refractivity contribution in [2.24, 2.45) is 0 Å². The number of likely N-dealkylation sites (N-methyl/N-ethyl adjacent to an activating group) is 1. The molecule has 0 aliphatic rings. The summed E-state index contributed by atoms with van der Waals surface area (Å²) in [6, 6.07) is 7.63. The molecule has 0 saturated heterocycles. The predicted octanol–water partition coefficient (Wildman–Crippen LogP) is 1.21. The lowest BCUT2D eigenvalue weighted by molar-refractivity contribution is -0.144. The van der Waals surface area contributed by atoms with Crippen LogP contribution in [0.15, 0.2) is 29.1 Å². The number of rotatable bonds is 7. The van der Waals surface area contributed by atoms with E-state index in [2.05, 4.69) is 4.98 Å². The first kappa shape index (κ1) is 15.3. The highest BCUT2D eigenvalue weighted by Crippen LogP contribution is 2.09. The van der Waals surface area contributed by atoms with Crippen LogP contribution in [0.5, 0.6) is 0 Å². The van der Waals surface area contributed by atoms with Gasteiger partial charge in [-0.2, -0.15) is 0 Å². The van der Waals surface area contributed by atoms with Gasteiger partial charge in [-0.1, -0.05) is 12.1 Å². The predicted molar refractivity (Wildman–Crippen MR) is 81.3 cm³/mol. The molecule has 0 unspecified atom stereocenters. The van der Waals surface area contributed by atoms with Crippen LogP contribution in [0.3, 0.4) is 0 Å². The van der Waals surface area contributed by atoms with E-state index in [9.17, 15) is 9.59 Å². The lowest BCUT2D eigenvalue weighted by atomic mass is 10.3. The van der Waals surface area contributed by atoms with Gasteiger partial charge in [0, 0.05) is 13.1 Å². The molecule has 0 radical (unpaired) electrons. The van der Waals surface area contributed by atoms with Crippen LogP contribution in [0.25, 0.3) is 11.0 Å². The third kappa shape index (κ3) is 3.95. The Kier molecular flexibility index (Phi) is 5.16. The van der Waals surface area contributed by atoms with Crippen molar-refractivity contribution >= 4 is 17.0 Å². The highest BCUT2D eigenvalue weighted by atomic mass is 16.5. The Hall–Kier alpha value is -2.08. The standard InChI is InChI=1S/C15H21N3O3/c1-3-21-14(19)11-17(2)9-6-10-18-13-8-5-4-7-12(13)16-15(18)20/h4-5,7-8H,3,6,9-11H2,1-2H3,(H,16,20). The number of H-pyrrole nitrogens is 1. The summed E-state index contributed by atoms with van der Waals surface area (Å²) >= 11 is 0. The summed E-state index contributed by atoms with van der Waals surface area (Å²) in [6.45, 7) is 3.82. The number of fused-ring (bicyclic) bond motifs is 1. The van der Waals surface area contributed by atoms with E-state index in [-0.39, 0.29) is 18.2 Å². The van der Waals surface area contributed by atoms with Gasteiger partial charge in [-0.05, 0) is 32.5 Å². The lowest BCUT2D eigenvalue weighted by Crippen LogP contribution is -2.29. The minimum Gasteiger partial charge on any atom is -0.465 e. The third-order valence-electron chi connectivity index (χ3n) is 3.31. The first-order valence-electron chi connectivity index (χ1n) is 7.13. The van der Waals surface area contributed by atoms with E-state index in [4.69, 9.17) is 4.74 Å². The summed E-state index contributed by atoms with van der Waals surface area (Å²) in [4.78, 5) is 28.0. The number of hydrogen-bond acceptors (Lipinski definition) is 4. The molecule has 1 aromatic heterocycles. The molecule has 2 aromatic rings. The first-order valence-corrected chi connectivity index (χ1v) is 7.13. The molecular formula is C15H21N3O3. The van der Waals surface area contributed by atoms with Crippen LogP contribution in [0, 0.1) is 0 Å². The van der Waals surface area contributed by atoms with Crippen LogP contribution in [-0.2, 0) is 16.1 Å². The fourth-order valence-electron chi connectivity index (χ4n) is 2.33. The molecule has 1 N–H and O–H groups in total. The summed E-state index contributed by atoms with van der Waals surface area (Å²) in [6.07, 6.45) is 0.789. The van der Waals surface area contributed by atoms with Gasteiger partial charge in [0.15, 0.2) is 0 Å². The topological polar surface area (TPSA) is 67.3 Å². The number of carbonyl (C=O) groups is 1. The third-order valence-corrected chi connectivity index (χ3v) is 3.31.